The Hall–Kier alpha value is -1.06. The van der Waals surface area contributed by atoms with Gasteiger partial charge in [-0.2, -0.15) is 0 Å². The minimum absolute atomic E-state index is 0.174. The van der Waals surface area contributed by atoms with Crippen LogP contribution in [-0.4, -0.2) is 23.9 Å². The number of hydrogen-bond donors (Lipinski definition) is 2. The highest BCUT2D eigenvalue weighted by Gasteiger charge is 2.33. The second kappa shape index (κ2) is 3.36. The Morgan fingerprint density at radius 3 is 1.77 bits per heavy atom. The van der Waals surface area contributed by atoms with E-state index >= 15 is 0 Å². The number of carbonyl (C=O) groups excluding carboxylic acids is 2. The highest BCUT2D eigenvalue weighted by atomic mass is 16.2. The molecule has 2 N–H and O–H groups in total. The van der Waals surface area contributed by atoms with Crippen molar-refractivity contribution >= 4 is 11.8 Å². The van der Waals surface area contributed by atoms with Gasteiger partial charge in [0.1, 0.15) is 0 Å². The Balaban J connectivity index is 2.07. The van der Waals surface area contributed by atoms with Crippen LogP contribution in [0, 0.1) is 0 Å². The highest BCUT2D eigenvalue weighted by molar-refractivity contribution is 6.35. The third-order valence-corrected chi connectivity index (χ3v) is 2.86. The van der Waals surface area contributed by atoms with Crippen LogP contribution in [0.1, 0.15) is 32.1 Å². The number of hydrogen-bond acceptors (Lipinski definition) is 2. The van der Waals surface area contributed by atoms with Gasteiger partial charge < -0.3 is 10.6 Å². The van der Waals surface area contributed by atoms with Gasteiger partial charge in [0.15, 0.2) is 0 Å². The van der Waals surface area contributed by atoms with Crippen molar-refractivity contribution < 1.29 is 9.59 Å². The number of nitrogens with one attached hydrogen (secondary N) is 2. The lowest BCUT2D eigenvalue weighted by Crippen LogP contribution is -2.61. The lowest BCUT2D eigenvalue weighted by atomic mass is 10.0. The number of fused-ring (bicyclic) bond motifs is 1. The topological polar surface area (TPSA) is 58.2 Å². The summed E-state index contributed by atoms with van der Waals surface area (Å²) in [6, 6.07) is 0.348. The molecule has 0 bridgehead atoms. The predicted octanol–water partition coefficient (Wildman–Crippen LogP) is -0.0663. The summed E-state index contributed by atoms with van der Waals surface area (Å²) in [6.45, 7) is 0. The Labute approximate surface area is 77.1 Å². The largest absolute Gasteiger partial charge is 0.343 e. The summed E-state index contributed by atoms with van der Waals surface area (Å²) in [5, 5.41) is 5.51. The van der Waals surface area contributed by atoms with Crippen molar-refractivity contribution in [2.45, 2.75) is 44.2 Å². The SMILES string of the molecule is O=C1NC2CCCCCC2NC1=O. The van der Waals surface area contributed by atoms with E-state index in [1.165, 1.54) is 6.42 Å². The number of rotatable bonds is 0. The van der Waals surface area contributed by atoms with Gasteiger partial charge in [-0.1, -0.05) is 19.3 Å². The third kappa shape index (κ3) is 1.66. The molecule has 1 heterocycles. The van der Waals surface area contributed by atoms with Crippen LogP contribution in [0.5, 0.6) is 0 Å². The lowest BCUT2D eigenvalue weighted by molar-refractivity contribution is -0.142. The standard InChI is InChI=1S/C9H14N2O2/c12-8-9(13)11-7-5-3-1-2-4-6(7)10-8/h6-7H,1-5H2,(H,10,12)(H,11,13). The summed E-state index contributed by atoms with van der Waals surface area (Å²) in [7, 11) is 0. The summed E-state index contributed by atoms with van der Waals surface area (Å²) in [4.78, 5) is 22.1. The average molecular weight is 182 g/mol. The zero-order valence-electron chi connectivity index (χ0n) is 7.51. The molecule has 2 rings (SSSR count). The molecule has 13 heavy (non-hydrogen) atoms. The monoisotopic (exact) mass is 182 g/mol. The Morgan fingerprint density at radius 1 is 0.846 bits per heavy atom. The maximum Gasteiger partial charge on any atom is 0.309 e. The molecule has 1 saturated carbocycles. The van der Waals surface area contributed by atoms with Crippen molar-refractivity contribution in [3.8, 4) is 0 Å². The zero-order chi connectivity index (χ0) is 9.26. The second-order valence-electron chi connectivity index (χ2n) is 3.80. The van der Waals surface area contributed by atoms with Gasteiger partial charge in [0, 0.05) is 12.1 Å². The average Bonchev–Trinajstić information content (AvgIpc) is 2.31. The number of carbonyl (C=O) groups is 2. The van der Waals surface area contributed by atoms with E-state index in [2.05, 4.69) is 10.6 Å². The lowest BCUT2D eigenvalue weighted by Gasteiger charge is -2.31. The summed E-state index contributed by atoms with van der Waals surface area (Å²) in [5.41, 5.74) is 0. The van der Waals surface area contributed by atoms with E-state index in [0.717, 1.165) is 25.7 Å². The molecule has 0 radical (unpaired) electrons. The minimum Gasteiger partial charge on any atom is -0.343 e. The smallest absolute Gasteiger partial charge is 0.309 e. The van der Waals surface area contributed by atoms with Crippen LogP contribution in [0.2, 0.25) is 0 Å². The van der Waals surface area contributed by atoms with Crippen LogP contribution < -0.4 is 10.6 Å². The zero-order valence-corrected chi connectivity index (χ0v) is 7.51. The van der Waals surface area contributed by atoms with E-state index in [1.54, 1.807) is 0 Å². The first-order valence-corrected chi connectivity index (χ1v) is 4.89. The van der Waals surface area contributed by atoms with Gasteiger partial charge in [0.25, 0.3) is 0 Å². The molecule has 0 aromatic rings. The van der Waals surface area contributed by atoms with Crippen LogP contribution in [0.15, 0.2) is 0 Å². The molecule has 0 aromatic carbocycles. The van der Waals surface area contributed by atoms with Crippen molar-refractivity contribution in [2.24, 2.45) is 0 Å². The van der Waals surface area contributed by atoms with E-state index in [4.69, 9.17) is 0 Å². The summed E-state index contributed by atoms with van der Waals surface area (Å²) in [6.07, 6.45) is 5.50. The summed E-state index contributed by atoms with van der Waals surface area (Å²) < 4.78 is 0. The van der Waals surface area contributed by atoms with E-state index in [1.807, 2.05) is 0 Å². The Bertz CT molecular complexity index is 216. The van der Waals surface area contributed by atoms with E-state index in [-0.39, 0.29) is 12.1 Å². The molecule has 2 amide bonds. The molecule has 0 aromatic heterocycles. The molecule has 2 atom stereocenters. The molecule has 0 spiro atoms. The first-order valence-electron chi connectivity index (χ1n) is 4.89. The van der Waals surface area contributed by atoms with Crippen molar-refractivity contribution in [3.63, 3.8) is 0 Å². The molecule has 2 unspecified atom stereocenters. The molecule has 2 aliphatic rings. The van der Waals surface area contributed by atoms with Crippen LogP contribution in [0.4, 0.5) is 0 Å². The van der Waals surface area contributed by atoms with Crippen LogP contribution in [-0.2, 0) is 9.59 Å². The summed E-state index contributed by atoms with van der Waals surface area (Å²) in [5.74, 6) is -0.939. The normalized spacial score (nSPS) is 34.2. The summed E-state index contributed by atoms with van der Waals surface area (Å²) >= 11 is 0. The van der Waals surface area contributed by atoms with E-state index in [0.29, 0.717) is 0 Å². The third-order valence-electron chi connectivity index (χ3n) is 2.86. The van der Waals surface area contributed by atoms with Crippen molar-refractivity contribution in [1.29, 1.82) is 0 Å². The van der Waals surface area contributed by atoms with Gasteiger partial charge in [-0.05, 0) is 12.8 Å². The van der Waals surface area contributed by atoms with Crippen molar-refractivity contribution in [1.82, 2.24) is 10.6 Å². The van der Waals surface area contributed by atoms with Gasteiger partial charge in [-0.25, -0.2) is 0 Å². The quantitative estimate of drug-likeness (QED) is 0.515. The Morgan fingerprint density at radius 2 is 1.31 bits per heavy atom. The molecular weight excluding hydrogens is 168 g/mol. The maximum atomic E-state index is 11.0. The van der Waals surface area contributed by atoms with Gasteiger partial charge in [0.2, 0.25) is 0 Å². The molecule has 1 aliphatic carbocycles. The predicted molar refractivity (Wildman–Crippen MR) is 46.9 cm³/mol. The maximum absolute atomic E-state index is 11.0. The fraction of sp³-hybridized carbons (Fsp3) is 0.778. The van der Waals surface area contributed by atoms with Gasteiger partial charge in [-0.3, -0.25) is 9.59 Å². The van der Waals surface area contributed by atoms with Crippen LogP contribution >= 0.6 is 0 Å². The van der Waals surface area contributed by atoms with Gasteiger partial charge >= 0.3 is 11.8 Å². The van der Waals surface area contributed by atoms with Gasteiger partial charge in [-0.15, -0.1) is 0 Å². The fourth-order valence-electron chi connectivity index (χ4n) is 2.12. The first kappa shape index (κ1) is 8.53. The minimum atomic E-state index is -0.469. The molecule has 4 nitrogen and oxygen atoms in total. The number of piperazine rings is 1. The molecule has 72 valence electrons. The molecular formula is C9H14N2O2. The van der Waals surface area contributed by atoms with Gasteiger partial charge in [0.05, 0.1) is 0 Å². The second-order valence-corrected chi connectivity index (χ2v) is 3.80. The molecule has 2 fully saturated rings. The number of amides is 2. The Kier molecular flexibility index (Phi) is 2.20. The van der Waals surface area contributed by atoms with Crippen LogP contribution in [0.25, 0.3) is 0 Å². The van der Waals surface area contributed by atoms with E-state index in [9.17, 15) is 9.59 Å². The van der Waals surface area contributed by atoms with Crippen LogP contribution in [0.3, 0.4) is 0 Å². The molecule has 1 aliphatic heterocycles. The molecule has 4 heteroatoms. The molecule has 1 saturated heterocycles. The first-order chi connectivity index (χ1) is 6.27. The highest BCUT2D eigenvalue weighted by Crippen LogP contribution is 2.19. The van der Waals surface area contributed by atoms with E-state index < -0.39 is 11.8 Å². The van der Waals surface area contributed by atoms with Crippen molar-refractivity contribution in [3.05, 3.63) is 0 Å². The fourth-order valence-corrected chi connectivity index (χ4v) is 2.12. The van der Waals surface area contributed by atoms with Crippen molar-refractivity contribution in [2.75, 3.05) is 0 Å².